The van der Waals surface area contributed by atoms with E-state index >= 15 is 0 Å². The highest BCUT2D eigenvalue weighted by molar-refractivity contribution is 5.88. The number of alkyl halides is 6. The minimum absolute atomic E-state index is 0.272. The molecule has 1 saturated heterocycles. The molecular weight excluding hydrogens is 408 g/mol. The number of hydrogen-bond donors (Lipinski definition) is 0. The van der Waals surface area contributed by atoms with Crippen molar-refractivity contribution in [2.45, 2.75) is 43.8 Å². The van der Waals surface area contributed by atoms with Gasteiger partial charge in [0.15, 0.2) is 0 Å². The molecule has 5 nitrogen and oxygen atoms in total. The summed E-state index contributed by atoms with van der Waals surface area (Å²) in [7, 11) is 0. The van der Waals surface area contributed by atoms with E-state index in [1.54, 1.807) is 30.3 Å². The van der Waals surface area contributed by atoms with Crippen molar-refractivity contribution in [2.24, 2.45) is 0 Å². The van der Waals surface area contributed by atoms with Crippen molar-refractivity contribution in [2.75, 3.05) is 19.8 Å². The SMILES string of the molecule is CCOC(=O)C(F)(F)C(F)(F)C(F)(F)C(=O)N1CCOC(c2ccccc2)C1C. The van der Waals surface area contributed by atoms with Crippen LogP contribution in [0, 0.1) is 0 Å². The van der Waals surface area contributed by atoms with E-state index in [0.29, 0.717) is 10.5 Å². The average molecular weight is 427 g/mol. The molecule has 0 aliphatic carbocycles. The summed E-state index contributed by atoms with van der Waals surface area (Å²) in [6, 6.07) is 6.92. The quantitative estimate of drug-likeness (QED) is 0.516. The second kappa shape index (κ2) is 8.21. The Morgan fingerprint density at radius 2 is 1.69 bits per heavy atom. The molecule has 0 bridgehead atoms. The average Bonchev–Trinajstić information content (AvgIpc) is 2.68. The predicted molar refractivity (Wildman–Crippen MR) is 87.8 cm³/mol. The van der Waals surface area contributed by atoms with E-state index in [-0.39, 0.29) is 6.61 Å². The summed E-state index contributed by atoms with van der Waals surface area (Å²) in [5.41, 5.74) is 0.490. The van der Waals surface area contributed by atoms with E-state index in [4.69, 9.17) is 4.74 Å². The molecule has 0 saturated carbocycles. The number of morpholine rings is 1. The summed E-state index contributed by atoms with van der Waals surface area (Å²) >= 11 is 0. The van der Waals surface area contributed by atoms with Gasteiger partial charge in [0.2, 0.25) is 0 Å². The number of carbonyl (C=O) groups is 2. The predicted octanol–water partition coefficient (Wildman–Crippen LogP) is 3.44. The Morgan fingerprint density at radius 3 is 2.24 bits per heavy atom. The molecule has 29 heavy (non-hydrogen) atoms. The molecule has 1 amide bonds. The van der Waals surface area contributed by atoms with E-state index in [0.717, 1.165) is 6.92 Å². The van der Waals surface area contributed by atoms with Gasteiger partial charge in [-0.3, -0.25) is 4.79 Å². The topological polar surface area (TPSA) is 55.8 Å². The van der Waals surface area contributed by atoms with Crippen LogP contribution in [-0.4, -0.2) is 60.3 Å². The van der Waals surface area contributed by atoms with Crippen LogP contribution in [-0.2, 0) is 19.1 Å². The lowest BCUT2D eigenvalue weighted by molar-refractivity contribution is -0.299. The molecule has 1 aliphatic rings. The molecule has 11 heteroatoms. The van der Waals surface area contributed by atoms with Crippen molar-refractivity contribution < 1.29 is 45.4 Å². The van der Waals surface area contributed by atoms with E-state index in [2.05, 4.69) is 4.74 Å². The van der Waals surface area contributed by atoms with Crippen LogP contribution in [0.2, 0.25) is 0 Å². The highest BCUT2D eigenvalue weighted by Crippen LogP contribution is 2.48. The third kappa shape index (κ3) is 3.92. The van der Waals surface area contributed by atoms with Crippen LogP contribution in [0.5, 0.6) is 0 Å². The number of ether oxygens (including phenoxy) is 2. The number of amides is 1. The number of halogens is 6. The van der Waals surface area contributed by atoms with Crippen LogP contribution < -0.4 is 0 Å². The first-order valence-corrected chi connectivity index (χ1v) is 8.67. The molecule has 1 aliphatic heterocycles. The number of benzene rings is 1. The standard InChI is InChI=1S/C18H19F6NO4/c1-3-28-15(27)17(21,22)18(23,24)16(19,20)14(26)25-9-10-29-13(11(25)2)12-7-5-4-6-8-12/h4-8,11,13H,3,9-10H2,1-2H3. The van der Waals surface area contributed by atoms with Crippen LogP contribution in [0.15, 0.2) is 30.3 Å². The fraction of sp³-hybridized carbons (Fsp3) is 0.556. The van der Waals surface area contributed by atoms with Crippen molar-refractivity contribution >= 4 is 11.9 Å². The lowest BCUT2D eigenvalue weighted by atomic mass is 9.97. The fourth-order valence-corrected chi connectivity index (χ4v) is 2.95. The van der Waals surface area contributed by atoms with Gasteiger partial charge in [0.25, 0.3) is 5.91 Å². The van der Waals surface area contributed by atoms with Crippen molar-refractivity contribution in [3.63, 3.8) is 0 Å². The summed E-state index contributed by atoms with van der Waals surface area (Å²) < 4.78 is 93.4. The number of esters is 1. The summed E-state index contributed by atoms with van der Waals surface area (Å²) in [4.78, 5) is 23.7. The van der Waals surface area contributed by atoms with E-state index in [1.807, 2.05) is 0 Å². The Bertz CT molecular complexity index is 743. The lowest BCUT2D eigenvalue weighted by Gasteiger charge is -2.42. The molecule has 1 fully saturated rings. The van der Waals surface area contributed by atoms with E-state index in [1.165, 1.54) is 6.92 Å². The Morgan fingerprint density at radius 1 is 1.10 bits per heavy atom. The molecule has 2 atom stereocenters. The zero-order chi connectivity index (χ0) is 22.0. The second-order valence-corrected chi connectivity index (χ2v) is 6.38. The summed E-state index contributed by atoms with van der Waals surface area (Å²) in [6.45, 7) is 0.788. The highest BCUT2D eigenvalue weighted by atomic mass is 19.3. The maximum atomic E-state index is 14.3. The minimum atomic E-state index is -6.30. The zero-order valence-electron chi connectivity index (χ0n) is 15.5. The smallest absolute Gasteiger partial charge is 0.411 e. The number of nitrogens with zero attached hydrogens (tertiary/aromatic N) is 1. The molecule has 0 spiro atoms. The maximum Gasteiger partial charge on any atom is 0.411 e. The van der Waals surface area contributed by atoms with Gasteiger partial charge in [-0.05, 0) is 19.4 Å². The molecule has 0 radical (unpaired) electrons. The van der Waals surface area contributed by atoms with Crippen LogP contribution in [0.25, 0.3) is 0 Å². The lowest BCUT2D eigenvalue weighted by Crippen LogP contribution is -2.66. The molecule has 0 N–H and O–H groups in total. The number of carbonyl (C=O) groups excluding carboxylic acids is 2. The Hall–Kier alpha value is -2.30. The first kappa shape index (κ1) is 23.0. The third-order valence-electron chi connectivity index (χ3n) is 4.54. The van der Waals surface area contributed by atoms with Gasteiger partial charge in [0, 0.05) is 6.54 Å². The summed E-state index contributed by atoms with van der Waals surface area (Å²) in [6.07, 6.45) is -0.927. The van der Waals surface area contributed by atoms with E-state index in [9.17, 15) is 35.9 Å². The molecule has 2 rings (SSSR count). The normalized spacial score (nSPS) is 21.0. The van der Waals surface area contributed by atoms with Crippen LogP contribution >= 0.6 is 0 Å². The second-order valence-electron chi connectivity index (χ2n) is 6.38. The molecule has 0 aromatic heterocycles. The third-order valence-corrected chi connectivity index (χ3v) is 4.54. The Labute approximate surface area is 162 Å². The fourth-order valence-electron chi connectivity index (χ4n) is 2.95. The van der Waals surface area contributed by atoms with Crippen molar-refractivity contribution in [3.8, 4) is 0 Å². The van der Waals surface area contributed by atoms with Gasteiger partial charge in [-0.2, -0.15) is 26.3 Å². The summed E-state index contributed by atoms with van der Waals surface area (Å²) in [5, 5.41) is 0. The van der Waals surface area contributed by atoms with Crippen molar-refractivity contribution in [1.29, 1.82) is 0 Å². The first-order chi connectivity index (χ1) is 13.4. The first-order valence-electron chi connectivity index (χ1n) is 8.67. The largest absolute Gasteiger partial charge is 0.461 e. The zero-order valence-corrected chi connectivity index (χ0v) is 15.5. The summed E-state index contributed by atoms with van der Waals surface area (Å²) in [5.74, 6) is -23.4. The maximum absolute atomic E-state index is 14.3. The van der Waals surface area contributed by atoms with Gasteiger partial charge in [0.05, 0.1) is 19.3 Å². The van der Waals surface area contributed by atoms with Crippen LogP contribution in [0.3, 0.4) is 0 Å². The molecule has 1 aromatic rings. The van der Waals surface area contributed by atoms with Crippen molar-refractivity contribution in [3.05, 3.63) is 35.9 Å². The van der Waals surface area contributed by atoms with Gasteiger partial charge in [-0.15, -0.1) is 0 Å². The van der Waals surface area contributed by atoms with E-state index < -0.39 is 54.9 Å². The van der Waals surface area contributed by atoms with Crippen molar-refractivity contribution in [1.82, 2.24) is 4.90 Å². The molecule has 162 valence electrons. The highest BCUT2D eigenvalue weighted by Gasteiger charge is 2.79. The molecular formula is C18H19F6NO4. The van der Waals surface area contributed by atoms with Gasteiger partial charge in [-0.1, -0.05) is 30.3 Å². The monoisotopic (exact) mass is 427 g/mol. The molecule has 2 unspecified atom stereocenters. The number of rotatable bonds is 6. The Kier molecular flexibility index (Phi) is 6.51. The Balaban J connectivity index is 2.32. The molecule has 1 heterocycles. The van der Waals surface area contributed by atoms with Crippen LogP contribution in [0.4, 0.5) is 26.3 Å². The van der Waals surface area contributed by atoms with Gasteiger partial charge < -0.3 is 14.4 Å². The van der Waals surface area contributed by atoms with Gasteiger partial charge >= 0.3 is 23.7 Å². The molecule has 1 aromatic carbocycles. The van der Waals surface area contributed by atoms with Gasteiger partial charge in [0.1, 0.15) is 6.10 Å². The minimum Gasteiger partial charge on any atom is -0.461 e. The van der Waals surface area contributed by atoms with Crippen LogP contribution in [0.1, 0.15) is 25.5 Å². The van der Waals surface area contributed by atoms with Gasteiger partial charge in [-0.25, -0.2) is 4.79 Å². The number of hydrogen-bond acceptors (Lipinski definition) is 4.